The second kappa shape index (κ2) is 3.83. The molecule has 0 N–H and O–H groups in total. The Kier molecular flexibility index (Phi) is 2.46. The molecule has 1 aromatic carbocycles. The van der Waals surface area contributed by atoms with Crippen molar-refractivity contribution in [3.63, 3.8) is 0 Å². The third-order valence-corrected chi connectivity index (χ3v) is 3.84. The molecule has 0 amide bonds. The number of benzene rings is 1. The highest BCUT2D eigenvalue weighted by molar-refractivity contribution is 6.05. The fourth-order valence-corrected chi connectivity index (χ4v) is 2.71. The average molecular weight is 260 g/mol. The van der Waals surface area contributed by atoms with E-state index >= 15 is 0 Å². The van der Waals surface area contributed by atoms with Gasteiger partial charge in [0.1, 0.15) is 0 Å². The Morgan fingerprint density at radius 1 is 1.11 bits per heavy atom. The van der Waals surface area contributed by atoms with Crippen LogP contribution in [0.1, 0.15) is 25.8 Å². The largest absolute Gasteiger partial charge is 0.422 e. The maximum atomic E-state index is 12.1. The van der Waals surface area contributed by atoms with E-state index in [1.807, 2.05) is 30.3 Å². The van der Waals surface area contributed by atoms with Crippen LogP contribution in [0.25, 0.3) is 0 Å². The van der Waals surface area contributed by atoms with E-state index in [2.05, 4.69) is 0 Å². The van der Waals surface area contributed by atoms with Crippen molar-refractivity contribution in [2.24, 2.45) is 11.3 Å². The van der Waals surface area contributed by atoms with Gasteiger partial charge in [-0.05, 0) is 24.3 Å². The lowest BCUT2D eigenvalue weighted by Gasteiger charge is -2.33. The van der Waals surface area contributed by atoms with Gasteiger partial charge in [0, 0.05) is 13.8 Å². The smallest absolute Gasteiger partial charge is 0.327 e. The predicted octanol–water partition coefficient (Wildman–Crippen LogP) is 2.07. The maximum absolute atomic E-state index is 12.1. The van der Waals surface area contributed by atoms with Gasteiger partial charge in [0.25, 0.3) is 5.79 Å². The summed E-state index contributed by atoms with van der Waals surface area (Å²) in [6.07, 6.45) is 1.22. The number of hydrogen-bond donors (Lipinski definition) is 0. The molecule has 1 saturated carbocycles. The molecular weight excluding hydrogens is 244 g/mol. The maximum Gasteiger partial charge on any atom is 0.327 e. The van der Waals surface area contributed by atoms with Crippen LogP contribution in [0.4, 0.5) is 0 Å². The molecule has 1 heterocycles. The van der Waals surface area contributed by atoms with Gasteiger partial charge in [0.15, 0.2) is 5.41 Å². The molecular formula is C15H16O4. The van der Waals surface area contributed by atoms with Gasteiger partial charge in [-0.1, -0.05) is 30.3 Å². The fourth-order valence-electron chi connectivity index (χ4n) is 2.71. The zero-order valence-electron chi connectivity index (χ0n) is 11.0. The van der Waals surface area contributed by atoms with E-state index in [4.69, 9.17) is 9.47 Å². The first kappa shape index (κ1) is 12.2. The van der Waals surface area contributed by atoms with Crippen LogP contribution in [0, 0.1) is 11.3 Å². The van der Waals surface area contributed by atoms with Gasteiger partial charge in [0.05, 0.1) is 0 Å². The summed E-state index contributed by atoms with van der Waals surface area (Å²) in [7, 11) is 0. The number of carbonyl (C=O) groups is 2. The minimum atomic E-state index is -1.14. The molecule has 0 bridgehead atoms. The monoisotopic (exact) mass is 260 g/mol. The highest BCUT2D eigenvalue weighted by atomic mass is 16.7. The molecule has 0 aromatic heterocycles. The Morgan fingerprint density at radius 2 is 1.68 bits per heavy atom. The second-order valence-electron chi connectivity index (χ2n) is 5.74. The van der Waals surface area contributed by atoms with Crippen molar-refractivity contribution < 1.29 is 19.1 Å². The van der Waals surface area contributed by atoms with Crippen LogP contribution in [-0.2, 0) is 25.5 Å². The number of rotatable bonds is 2. The van der Waals surface area contributed by atoms with Gasteiger partial charge >= 0.3 is 11.9 Å². The third-order valence-electron chi connectivity index (χ3n) is 3.84. The van der Waals surface area contributed by atoms with Gasteiger partial charge in [-0.25, -0.2) is 0 Å². The Balaban J connectivity index is 1.77. The van der Waals surface area contributed by atoms with Crippen molar-refractivity contribution in [2.45, 2.75) is 32.5 Å². The Bertz CT molecular complexity index is 512. The fraction of sp³-hybridized carbons (Fsp3) is 0.467. The number of ether oxygens (including phenoxy) is 2. The van der Waals surface area contributed by atoms with Crippen molar-refractivity contribution in [3.05, 3.63) is 35.9 Å². The van der Waals surface area contributed by atoms with E-state index in [9.17, 15) is 9.59 Å². The molecule has 0 radical (unpaired) electrons. The van der Waals surface area contributed by atoms with Crippen LogP contribution in [0.3, 0.4) is 0 Å². The lowest BCUT2D eigenvalue weighted by molar-refractivity contribution is -0.243. The van der Waals surface area contributed by atoms with E-state index in [0.717, 1.165) is 5.56 Å². The Morgan fingerprint density at radius 3 is 2.26 bits per heavy atom. The molecule has 2 fully saturated rings. The van der Waals surface area contributed by atoms with E-state index in [1.54, 1.807) is 13.8 Å². The molecule has 100 valence electrons. The molecule has 4 heteroatoms. The van der Waals surface area contributed by atoms with Crippen LogP contribution in [0.5, 0.6) is 0 Å². The highest BCUT2D eigenvalue weighted by Gasteiger charge is 2.71. The summed E-state index contributed by atoms with van der Waals surface area (Å²) in [5, 5.41) is 0. The molecule has 2 aliphatic rings. The molecule has 1 spiro atoms. The molecule has 19 heavy (non-hydrogen) atoms. The first-order valence-corrected chi connectivity index (χ1v) is 6.45. The van der Waals surface area contributed by atoms with Crippen molar-refractivity contribution in [1.29, 1.82) is 0 Å². The van der Waals surface area contributed by atoms with Crippen LogP contribution < -0.4 is 0 Å². The van der Waals surface area contributed by atoms with E-state index in [1.165, 1.54) is 0 Å². The topological polar surface area (TPSA) is 52.6 Å². The molecule has 1 saturated heterocycles. The Hall–Kier alpha value is -1.84. The first-order valence-electron chi connectivity index (χ1n) is 6.45. The van der Waals surface area contributed by atoms with Gasteiger partial charge in [0.2, 0.25) is 0 Å². The lowest BCUT2D eigenvalue weighted by Crippen LogP contribution is -2.48. The molecule has 4 nitrogen and oxygen atoms in total. The van der Waals surface area contributed by atoms with Crippen molar-refractivity contribution in [1.82, 2.24) is 0 Å². The lowest BCUT2D eigenvalue weighted by atomic mass is 9.98. The zero-order valence-corrected chi connectivity index (χ0v) is 11.0. The number of cyclic esters (lactones) is 2. The average Bonchev–Trinajstić information content (AvgIpc) is 3.03. The summed E-state index contributed by atoms with van der Waals surface area (Å²) >= 11 is 0. The molecule has 1 unspecified atom stereocenters. The van der Waals surface area contributed by atoms with Crippen LogP contribution in [-0.4, -0.2) is 17.7 Å². The van der Waals surface area contributed by atoms with E-state index < -0.39 is 23.1 Å². The quantitative estimate of drug-likeness (QED) is 0.603. The molecule has 3 rings (SSSR count). The van der Waals surface area contributed by atoms with Crippen LogP contribution in [0.15, 0.2) is 30.3 Å². The summed E-state index contributed by atoms with van der Waals surface area (Å²) in [5.74, 6) is -2.02. The molecule has 1 aromatic rings. The third kappa shape index (κ3) is 1.91. The van der Waals surface area contributed by atoms with Crippen LogP contribution >= 0.6 is 0 Å². The molecule has 1 aliphatic heterocycles. The van der Waals surface area contributed by atoms with E-state index in [-0.39, 0.29) is 5.92 Å². The molecule has 1 atom stereocenters. The van der Waals surface area contributed by atoms with Crippen LogP contribution in [0.2, 0.25) is 0 Å². The van der Waals surface area contributed by atoms with Crippen molar-refractivity contribution in [2.75, 3.05) is 0 Å². The second-order valence-corrected chi connectivity index (χ2v) is 5.74. The van der Waals surface area contributed by atoms with Crippen molar-refractivity contribution in [3.8, 4) is 0 Å². The number of carbonyl (C=O) groups excluding carboxylic acids is 2. The minimum absolute atomic E-state index is 0.00833. The summed E-state index contributed by atoms with van der Waals surface area (Å²) in [6.45, 7) is 3.15. The predicted molar refractivity (Wildman–Crippen MR) is 66.9 cm³/mol. The molecule has 1 aliphatic carbocycles. The van der Waals surface area contributed by atoms with Gasteiger partial charge < -0.3 is 9.47 Å². The highest BCUT2D eigenvalue weighted by Crippen LogP contribution is 2.58. The van der Waals surface area contributed by atoms with E-state index in [0.29, 0.717) is 12.8 Å². The zero-order chi connectivity index (χ0) is 13.7. The first-order chi connectivity index (χ1) is 8.94. The summed E-state index contributed by atoms with van der Waals surface area (Å²) in [5.41, 5.74) is 0.0700. The van der Waals surface area contributed by atoms with Gasteiger partial charge in [-0.2, -0.15) is 0 Å². The summed E-state index contributed by atoms with van der Waals surface area (Å²) in [4.78, 5) is 24.2. The summed E-state index contributed by atoms with van der Waals surface area (Å²) in [6, 6.07) is 9.83. The standard InChI is InChI=1S/C15H16O4/c1-14(2)18-12(16)15(13(17)19-14)9-11(15)8-10-6-4-3-5-7-10/h3-7,11H,8-9H2,1-2H3. The summed E-state index contributed by atoms with van der Waals surface area (Å²) < 4.78 is 10.4. The SMILES string of the molecule is CC1(C)OC(=O)C2(CC2Cc2ccccc2)C(=O)O1. The van der Waals surface area contributed by atoms with Gasteiger partial charge in [-0.3, -0.25) is 9.59 Å². The Labute approximate surface area is 111 Å². The minimum Gasteiger partial charge on any atom is -0.422 e. The van der Waals surface area contributed by atoms with Crippen molar-refractivity contribution >= 4 is 11.9 Å². The normalized spacial score (nSPS) is 26.7. The van der Waals surface area contributed by atoms with Gasteiger partial charge in [-0.15, -0.1) is 0 Å². The number of hydrogen-bond acceptors (Lipinski definition) is 4. The number of esters is 2.